The summed E-state index contributed by atoms with van der Waals surface area (Å²) in [5, 5.41) is 8.53. The molecule has 1 saturated heterocycles. The number of nitrogens with zero attached hydrogens (tertiary/aromatic N) is 4. The molecule has 2 aromatic heterocycles. The first kappa shape index (κ1) is 23.7. The minimum Gasteiger partial charge on any atom is -0.480 e. The molecule has 0 aliphatic carbocycles. The molecule has 2 aliphatic rings. The van der Waals surface area contributed by atoms with Crippen LogP contribution in [-0.2, 0) is 14.3 Å². The molecule has 4 heterocycles. The zero-order valence-corrected chi connectivity index (χ0v) is 19.7. The first-order valence-electron chi connectivity index (χ1n) is 11.6. The Morgan fingerprint density at radius 3 is 2.89 bits per heavy atom. The molecule has 2 aliphatic heterocycles. The van der Waals surface area contributed by atoms with Gasteiger partial charge in [-0.25, -0.2) is 14.4 Å². The zero-order valence-electron chi connectivity index (χ0n) is 19.7. The summed E-state index contributed by atoms with van der Waals surface area (Å²) >= 11 is 0. The molecule has 12 heteroatoms. The predicted octanol–water partition coefficient (Wildman–Crippen LogP) is 3.07. The lowest BCUT2D eigenvalue weighted by Crippen LogP contribution is -2.44. The third-order valence-corrected chi connectivity index (χ3v) is 5.60. The Kier molecular flexibility index (Phi) is 7.05. The molecule has 1 fully saturated rings. The number of anilines is 6. The highest BCUT2D eigenvalue weighted by molar-refractivity contribution is 5.94. The van der Waals surface area contributed by atoms with Gasteiger partial charge in [0.25, 0.3) is 5.91 Å². The Labute approximate surface area is 207 Å². The minimum absolute atomic E-state index is 0.0449. The Bertz CT molecular complexity index is 1230. The van der Waals surface area contributed by atoms with Crippen molar-refractivity contribution in [3.63, 3.8) is 0 Å². The fourth-order valence-corrected chi connectivity index (χ4v) is 3.86. The molecule has 3 aromatic rings. The molecule has 5 rings (SSSR count). The van der Waals surface area contributed by atoms with Gasteiger partial charge in [-0.3, -0.25) is 4.79 Å². The van der Waals surface area contributed by atoms with E-state index in [0.717, 1.165) is 30.7 Å². The van der Waals surface area contributed by atoms with Crippen molar-refractivity contribution in [2.45, 2.75) is 13.0 Å². The van der Waals surface area contributed by atoms with Crippen LogP contribution in [-0.4, -0.2) is 66.5 Å². The minimum atomic E-state index is -0.648. The molecule has 3 N–H and O–H groups in total. The van der Waals surface area contributed by atoms with Crippen LogP contribution in [0.2, 0.25) is 0 Å². The van der Waals surface area contributed by atoms with Crippen molar-refractivity contribution < 1.29 is 23.4 Å². The third-order valence-electron chi connectivity index (χ3n) is 5.60. The number of pyridine rings is 1. The number of hydrogen-bond acceptors (Lipinski definition) is 10. The van der Waals surface area contributed by atoms with E-state index < -0.39 is 5.82 Å². The van der Waals surface area contributed by atoms with Gasteiger partial charge in [-0.2, -0.15) is 4.98 Å². The normalized spacial score (nSPS) is 17.1. The molecular weight excluding hydrogens is 469 g/mol. The van der Waals surface area contributed by atoms with E-state index in [2.05, 4.69) is 35.8 Å². The highest BCUT2D eigenvalue weighted by Gasteiger charge is 2.21. The topological polar surface area (TPSA) is 123 Å². The standard InChI is InChI=1S/C24H26FN7O4/c1-2-34-13-17-12-32(9-10-35-17)16-5-3-15(4-6-16)27-24-26-11-18(25)22(31-24)28-20-8-7-19-23(29-20)30-21(33)14-36-19/h3-8,11,17H,2,9-10,12-14H2,1H3,(H3,26,27,28,29,30,31,33)/t17-/m1/s1. The maximum absolute atomic E-state index is 14.4. The summed E-state index contributed by atoms with van der Waals surface area (Å²) in [7, 11) is 0. The fourth-order valence-electron chi connectivity index (χ4n) is 3.86. The summed E-state index contributed by atoms with van der Waals surface area (Å²) in [5.41, 5.74) is 1.82. The van der Waals surface area contributed by atoms with Crippen LogP contribution >= 0.6 is 0 Å². The van der Waals surface area contributed by atoms with Gasteiger partial charge in [0, 0.05) is 31.1 Å². The third kappa shape index (κ3) is 5.61. The highest BCUT2D eigenvalue weighted by atomic mass is 19.1. The van der Waals surface area contributed by atoms with Gasteiger partial charge >= 0.3 is 0 Å². The van der Waals surface area contributed by atoms with Gasteiger partial charge in [0.1, 0.15) is 5.82 Å². The molecule has 1 atom stereocenters. The average molecular weight is 496 g/mol. The Balaban J connectivity index is 1.24. The van der Waals surface area contributed by atoms with E-state index in [9.17, 15) is 9.18 Å². The van der Waals surface area contributed by atoms with Gasteiger partial charge in [-0.15, -0.1) is 0 Å². The quantitative estimate of drug-likeness (QED) is 0.430. The number of rotatable bonds is 8. The van der Waals surface area contributed by atoms with Crippen LogP contribution in [0, 0.1) is 5.82 Å². The number of fused-ring (bicyclic) bond motifs is 1. The molecular formula is C24H26FN7O4. The first-order valence-corrected chi connectivity index (χ1v) is 11.6. The van der Waals surface area contributed by atoms with Crippen LogP contribution in [0.15, 0.2) is 42.6 Å². The Hall–Kier alpha value is -4.03. The van der Waals surface area contributed by atoms with E-state index in [4.69, 9.17) is 14.2 Å². The number of amides is 1. The molecule has 0 radical (unpaired) electrons. The number of nitrogens with one attached hydrogen (secondary N) is 3. The lowest BCUT2D eigenvalue weighted by molar-refractivity contribution is -0.118. The van der Waals surface area contributed by atoms with E-state index >= 15 is 0 Å². The fraction of sp³-hybridized carbons (Fsp3) is 0.333. The van der Waals surface area contributed by atoms with Crippen LogP contribution in [0.4, 0.5) is 39.2 Å². The summed E-state index contributed by atoms with van der Waals surface area (Å²) in [4.78, 5) is 26.3. The number of aromatic nitrogens is 3. The van der Waals surface area contributed by atoms with Crippen molar-refractivity contribution in [3.05, 3.63) is 48.4 Å². The van der Waals surface area contributed by atoms with Crippen LogP contribution in [0.25, 0.3) is 0 Å². The maximum Gasteiger partial charge on any atom is 0.263 e. The second-order valence-electron chi connectivity index (χ2n) is 8.17. The average Bonchev–Trinajstić information content (AvgIpc) is 2.90. The molecule has 0 spiro atoms. The molecule has 1 amide bonds. The summed E-state index contributed by atoms with van der Waals surface area (Å²) in [6, 6.07) is 11.1. The van der Waals surface area contributed by atoms with Crippen molar-refractivity contribution in [3.8, 4) is 5.75 Å². The summed E-state index contributed by atoms with van der Waals surface area (Å²) < 4.78 is 31.0. The Morgan fingerprint density at radius 2 is 2.06 bits per heavy atom. The van der Waals surface area contributed by atoms with E-state index in [1.54, 1.807) is 12.1 Å². The van der Waals surface area contributed by atoms with Gasteiger partial charge in [-0.05, 0) is 43.3 Å². The van der Waals surface area contributed by atoms with Gasteiger partial charge < -0.3 is 35.1 Å². The van der Waals surface area contributed by atoms with Gasteiger partial charge in [-0.1, -0.05) is 0 Å². The number of benzene rings is 1. The van der Waals surface area contributed by atoms with Crippen molar-refractivity contribution in [2.24, 2.45) is 0 Å². The van der Waals surface area contributed by atoms with Gasteiger partial charge in [0.05, 0.1) is 25.5 Å². The van der Waals surface area contributed by atoms with E-state index in [-0.39, 0.29) is 36.2 Å². The van der Waals surface area contributed by atoms with E-state index in [1.807, 2.05) is 31.2 Å². The largest absolute Gasteiger partial charge is 0.480 e. The monoisotopic (exact) mass is 495 g/mol. The van der Waals surface area contributed by atoms with Crippen molar-refractivity contribution >= 4 is 40.7 Å². The number of carbonyl (C=O) groups is 1. The van der Waals surface area contributed by atoms with Crippen molar-refractivity contribution in [1.29, 1.82) is 0 Å². The number of carbonyl (C=O) groups excluding carboxylic acids is 1. The van der Waals surface area contributed by atoms with Crippen LogP contribution < -0.4 is 25.6 Å². The lowest BCUT2D eigenvalue weighted by Gasteiger charge is -2.34. The molecule has 1 aromatic carbocycles. The van der Waals surface area contributed by atoms with Crippen LogP contribution in [0.1, 0.15) is 6.92 Å². The highest BCUT2D eigenvalue weighted by Crippen LogP contribution is 2.29. The Morgan fingerprint density at radius 1 is 1.19 bits per heavy atom. The molecule has 11 nitrogen and oxygen atoms in total. The molecule has 188 valence electrons. The molecule has 0 saturated carbocycles. The summed E-state index contributed by atoms with van der Waals surface area (Å²) in [5.74, 6) is 0.185. The second-order valence-corrected chi connectivity index (χ2v) is 8.17. The first-order chi connectivity index (χ1) is 17.6. The van der Waals surface area contributed by atoms with Gasteiger partial charge in [0.2, 0.25) is 5.95 Å². The second kappa shape index (κ2) is 10.7. The maximum atomic E-state index is 14.4. The van der Waals surface area contributed by atoms with Crippen molar-refractivity contribution in [2.75, 3.05) is 60.4 Å². The number of ether oxygens (including phenoxy) is 3. The van der Waals surface area contributed by atoms with Crippen LogP contribution in [0.3, 0.4) is 0 Å². The molecule has 0 bridgehead atoms. The molecule has 0 unspecified atom stereocenters. The molecule has 36 heavy (non-hydrogen) atoms. The predicted molar refractivity (Wildman–Crippen MR) is 132 cm³/mol. The SMILES string of the molecule is CCOC[C@H]1CN(c2ccc(Nc3ncc(F)c(Nc4ccc5c(n4)NC(=O)CO5)n3)cc2)CCO1. The lowest BCUT2D eigenvalue weighted by atomic mass is 10.2. The summed E-state index contributed by atoms with van der Waals surface area (Å²) in [6.07, 6.45) is 1.12. The number of morpholine rings is 1. The smallest absolute Gasteiger partial charge is 0.263 e. The zero-order chi connectivity index (χ0) is 24.9. The van der Waals surface area contributed by atoms with E-state index in [1.165, 1.54) is 0 Å². The number of halogens is 1. The number of hydrogen-bond donors (Lipinski definition) is 3. The van der Waals surface area contributed by atoms with Crippen LogP contribution in [0.5, 0.6) is 5.75 Å². The van der Waals surface area contributed by atoms with Crippen molar-refractivity contribution in [1.82, 2.24) is 15.0 Å². The van der Waals surface area contributed by atoms with E-state index in [0.29, 0.717) is 31.4 Å². The van der Waals surface area contributed by atoms with Gasteiger partial charge in [0.15, 0.2) is 29.8 Å². The summed E-state index contributed by atoms with van der Waals surface area (Å²) in [6.45, 7) is 5.35.